The van der Waals surface area contributed by atoms with Crippen LogP contribution in [-0.4, -0.2) is 17.3 Å². The van der Waals surface area contributed by atoms with Crippen molar-refractivity contribution in [3.63, 3.8) is 0 Å². The summed E-state index contributed by atoms with van der Waals surface area (Å²) in [6, 6.07) is 0. The van der Waals surface area contributed by atoms with Crippen LogP contribution in [0.15, 0.2) is 22.8 Å². The number of hydrogen-bond acceptors (Lipinski definition) is 3. The second-order valence-electron chi connectivity index (χ2n) is 8.64. The summed E-state index contributed by atoms with van der Waals surface area (Å²) in [6.45, 7) is 9.79. The number of hydrogen-bond donors (Lipinski definition) is 0. The topological polar surface area (TPSA) is 51.2 Å². The van der Waals surface area contributed by atoms with E-state index < -0.39 is 5.41 Å². The fraction of sp³-hybridized carbons (Fsp3) is 0.650. The highest BCUT2D eigenvalue weighted by Crippen LogP contribution is 2.56. The lowest BCUT2D eigenvalue weighted by Crippen LogP contribution is -2.42. The van der Waals surface area contributed by atoms with Crippen molar-refractivity contribution in [1.29, 1.82) is 0 Å². The monoisotopic (exact) mass is 314 g/mol. The molecule has 0 spiro atoms. The Labute approximate surface area is 138 Å². The predicted molar refractivity (Wildman–Crippen MR) is 88.8 cm³/mol. The van der Waals surface area contributed by atoms with E-state index in [1.807, 2.05) is 26.8 Å². The van der Waals surface area contributed by atoms with Gasteiger partial charge in [-0.25, -0.2) is 0 Å². The van der Waals surface area contributed by atoms with Crippen molar-refractivity contribution in [3.8, 4) is 0 Å². The first kappa shape index (κ1) is 16.4. The Morgan fingerprint density at radius 2 is 1.70 bits per heavy atom. The van der Waals surface area contributed by atoms with Crippen LogP contribution in [0.5, 0.6) is 0 Å². The Bertz CT molecular complexity index is 677. The van der Waals surface area contributed by atoms with E-state index in [1.54, 1.807) is 6.92 Å². The van der Waals surface area contributed by atoms with E-state index >= 15 is 0 Å². The van der Waals surface area contributed by atoms with E-state index in [0.717, 1.165) is 29.6 Å². The van der Waals surface area contributed by atoms with Crippen LogP contribution < -0.4 is 0 Å². The van der Waals surface area contributed by atoms with Gasteiger partial charge in [0, 0.05) is 12.8 Å². The third-order valence-electron chi connectivity index (χ3n) is 6.31. The molecule has 0 bridgehead atoms. The summed E-state index contributed by atoms with van der Waals surface area (Å²) in [5, 5.41) is 0. The van der Waals surface area contributed by atoms with Gasteiger partial charge in [-0.05, 0) is 60.7 Å². The molecule has 0 aromatic carbocycles. The Balaban J connectivity index is 2.20. The molecule has 1 fully saturated rings. The summed E-state index contributed by atoms with van der Waals surface area (Å²) < 4.78 is 0. The quantitative estimate of drug-likeness (QED) is 0.639. The van der Waals surface area contributed by atoms with Gasteiger partial charge in [0.05, 0.1) is 5.41 Å². The molecule has 3 nitrogen and oxygen atoms in total. The van der Waals surface area contributed by atoms with Crippen molar-refractivity contribution in [3.05, 3.63) is 22.8 Å². The first-order chi connectivity index (χ1) is 10.6. The van der Waals surface area contributed by atoms with Gasteiger partial charge in [-0.3, -0.25) is 14.4 Å². The highest BCUT2D eigenvalue weighted by Gasteiger charge is 2.60. The first-order valence-electron chi connectivity index (χ1n) is 8.59. The van der Waals surface area contributed by atoms with Gasteiger partial charge in [-0.2, -0.15) is 0 Å². The molecule has 1 saturated carbocycles. The number of fused-ring (bicyclic) bond motifs is 1. The molecule has 3 atom stereocenters. The highest BCUT2D eigenvalue weighted by molar-refractivity contribution is 6.17. The van der Waals surface area contributed by atoms with Crippen molar-refractivity contribution in [2.75, 3.05) is 0 Å². The molecule has 124 valence electrons. The molecular weight excluding hydrogens is 288 g/mol. The maximum absolute atomic E-state index is 13.4. The second-order valence-corrected chi connectivity index (χ2v) is 8.64. The smallest absolute Gasteiger partial charge is 0.172 e. The summed E-state index contributed by atoms with van der Waals surface area (Å²) >= 11 is 0. The first-order valence-corrected chi connectivity index (χ1v) is 8.59. The van der Waals surface area contributed by atoms with Crippen molar-refractivity contribution in [1.82, 2.24) is 0 Å². The van der Waals surface area contributed by atoms with E-state index in [-0.39, 0.29) is 28.7 Å². The van der Waals surface area contributed by atoms with Gasteiger partial charge in [0.2, 0.25) is 0 Å². The SMILES string of the molecule is C/C1=C/C2=C(C[C@@H](C)C2)C(=O)[C@@]2(C)C(=O)CC(C)(C)[C@@H]2CC1=O. The summed E-state index contributed by atoms with van der Waals surface area (Å²) in [4.78, 5) is 38.9. The molecule has 0 radical (unpaired) electrons. The van der Waals surface area contributed by atoms with Crippen molar-refractivity contribution in [2.45, 2.75) is 60.3 Å². The largest absolute Gasteiger partial charge is 0.299 e. The van der Waals surface area contributed by atoms with Crippen LogP contribution in [0.4, 0.5) is 0 Å². The molecule has 0 saturated heterocycles. The molecular formula is C20H26O3. The summed E-state index contributed by atoms with van der Waals surface area (Å²) in [6.07, 6.45) is 4.13. The van der Waals surface area contributed by atoms with Gasteiger partial charge in [0.25, 0.3) is 0 Å². The predicted octanol–water partition coefficient (Wildman–Crippen LogP) is 3.82. The fourth-order valence-electron chi connectivity index (χ4n) is 4.90. The Kier molecular flexibility index (Phi) is 3.55. The van der Waals surface area contributed by atoms with Gasteiger partial charge in [0.1, 0.15) is 5.78 Å². The molecule has 0 amide bonds. The van der Waals surface area contributed by atoms with E-state index in [0.29, 0.717) is 18.8 Å². The number of rotatable bonds is 0. The normalized spacial score (nSPS) is 39.3. The van der Waals surface area contributed by atoms with Crippen molar-refractivity contribution < 1.29 is 14.4 Å². The third kappa shape index (κ3) is 2.28. The van der Waals surface area contributed by atoms with Gasteiger partial charge < -0.3 is 0 Å². The number of carbonyl (C=O) groups excluding carboxylic acids is 3. The lowest BCUT2D eigenvalue weighted by Gasteiger charge is -2.35. The summed E-state index contributed by atoms with van der Waals surface area (Å²) in [7, 11) is 0. The zero-order chi connectivity index (χ0) is 17.2. The lowest BCUT2D eigenvalue weighted by atomic mass is 9.65. The minimum Gasteiger partial charge on any atom is -0.299 e. The zero-order valence-corrected chi connectivity index (χ0v) is 14.8. The van der Waals surface area contributed by atoms with Crippen LogP contribution in [-0.2, 0) is 14.4 Å². The Morgan fingerprint density at radius 1 is 1.04 bits per heavy atom. The van der Waals surface area contributed by atoms with Crippen LogP contribution in [0, 0.1) is 22.7 Å². The highest BCUT2D eigenvalue weighted by atomic mass is 16.2. The minimum atomic E-state index is -1.04. The number of Topliss-reactive ketones (excluding diaryl/α,β-unsaturated/α-hetero) is 3. The zero-order valence-electron chi connectivity index (χ0n) is 14.8. The van der Waals surface area contributed by atoms with Crippen molar-refractivity contribution >= 4 is 17.3 Å². The van der Waals surface area contributed by atoms with Crippen LogP contribution in [0.25, 0.3) is 0 Å². The standard InChI is InChI=1S/C20H26O3/c1-11-6-13-8-12(2)15(21)9-16-19(3,4)10-17(22)20(16,5)18(23)14(13)7-11/h8,11,16H,6-7,9-10H2,1-5H3/b12-8-/t11-,16-,20+/m0/s1. The molecule has 0 aromatic heterocycles. The molecule has 0 aliphatic heterocycles. The molecule has 3 aliphatic rings. The average molecular weight is 314 g/mol. The van der Waals surface area contributed by atoms with E-state index in [2.05, 4.69) is 6.92 Å². The average Bonchev–Trinajstić information content (AvgIpc) is 2.88. The number of carbonyl (C=O) groups is 3. The Morgan fingerprint density at radius 3 is 2.35 bits per heavy atom. The molecule has 3 rings (SSSR count). The van der Waals surface area contributed by atoms with Gasteiger partial charge >= 0.3 is 0 Å². The van der Waals surface area contributed by atoms with E-state index in [1.165, 1.54) is 0 Å². The van der Waals surface area contributed by atoms with Crippen LogP contribution in [0.3, 0.4) is 0 Å². The van der Waals surface area contributed by atoms with Crippen LogP contribution >= 0.6 is 0 Å². The van der Waals surface area contributed by atoms with Gasteiger partial charge in [-0.15, -0.1) is 0 Å². The fourth-order valence-corrected chi connectivity index (χ4v) is 4.90. The van der Waals surface area contributed by atoms with E-state index in [4.69, 9.17) is 0 Å². The molecule has 0 aromatic rings. The molecule has 0 heterocycles. The summed E-state index contributed by atoms with van der Waals surface area (Å²) in [5.41, 5.74) is 1.14. The van der Waals surface area contributed by atoms with Crippen LogP contribution in [0.2, 0.25) is 0 Å². The maximum atomic E-state index is 13.4. The van der Waals surface area contributed by atoms with Gasteiger partial charge in [-0.1, -0.05) is 26.8 Å². The number of ketones is 3. The minimum absolute atomic E-state index is 0.0104. The molecule has 3 heteroatoms. The van der Waals surface area contributed by atoms with Gasteiger partial charge in [0.15, 0.2) is 11.6 Å². The maximum Gasteiger partial charge on any atom is 0.172 e. The third-order valence-corrected chi connectivity index (χ3v) is 6.31. The Hall–Kier alpha value is -1.51. The number of allylic oxidation sites excluding steroid dienone is 4. The second kappa shape index (κ2) is 4.99. The molecule has 23 heavy (non-hydrogen) atoms. The van der Waals surface area contributed by atoms with Crippen molar-refractivity contribution in [2.24, 2.45) is 22.7 Å². The molecule has 0 unspecified atom stereocenters. The lowest BCUT2D eigenvalue weighted by molar-refractivity contribution is -0.138. The summed E-state index contributed by atoms with van der Waals surface area (Å²) in [5.74, 6) is 0.250. The molecule has 3 aliphatic carbocycles. The molecule has 0 N–H and O–H groups in total. The van der Waals surface area contributed by atoms with Crippen LogP contribution in [0.1, 0.15) is 60.3 Å². The van der Waals surface area contributed by atoms with E-state index in [9.17, 15) is 14.4 Å².